The van der Waals surface area contributed by atoms with Gasteiger partial charge in [0.25, 0.3) is 0 Å². The Kier molecular flexibility index (Phi) is 5.23. The lowest BCUT2D eigenvalue weighted by Crippen LogP contribution is -2.24. The number of H-pyrrole nitrogens is 1. The second-order valence-electron chi connectivity index (χ2n) is 3.47. The predicted octanol–water partition coefficient (Wildman–Crippen LogP) is -0.426. The molecule has 0 fully saturated rings. The number of methoxy groups -OCH3 is 1. The molecule has 0 aliphatic carbocycles. The molecule has 0 bridgehead atoms. The standard InChI is InChI=1S/C9H16N4O3S/c1-6(7(10)14)17-9-12-11-8(15)13(9)4-3-5-16-2/h6H,3-5H2,1-2H3,(H2,10,14)(H,11,15)/t6-/m0/s1. The highest BCUT2D eigenvalue weighted by Crippen LogP contribution is 2.19. The van der Waals surface area contributed by atoms with E-state index in [2.05, 4.69) is 10.2 Å². The zero-order valence-electron chi connectivity index (χ0n) is 9.80. The fourth-order valence-electron chi connectivity index (χ4n) is 1.17. The van der Waals surface area contributed by atoms with E-state index < -0.39 is 11.2 Å². The molecule has 1 amide bonds. The monoisotopic (exact) mass is 260 g/mol. The second-order valence-corrected chi connectivity index (χ2v) is 4.78. The van der Waals surface area contributed by atoms with E-state index in [1.807, 2.05) is 0 Å². The van der Waals surface area contributed by atoms with Crippen molar-refractivity contribution < 1.29 is 9.53 Å². The fourth-order valence-corrected chi connectivity index (χ4v) is 2.01. The van der Waals surface area contributed by atoms with Crippen molar-refractivity contribution in [2.24, 2.45) is 5.73 Å². The molecule has 1 atom stereocenters. The van der Waals surface area contributed by atoms with Crippen LogP contribution in [0, 0.1) is 0 Å². The van der Waals surface area contributed by atoms with Crippen LogP contribution in [0.25, 0.3) is 0 Å². The van der Waals surface area contributed by atoms with Gasteiger partial charge in [0.2, 0.25) is 5.91 Å². The van der Waals surface area contributed by atoms with Crippen molar-refractivity contribution in [3.63, 3.8) is 0 Å². The largest absolute Gasteiger partial charge is 0.385 e. The van der Waals surface area contributed by atoms with Crippen LogP contribution in [0.15, 0.2) is 9.95 Å². The van der Waals surface area contributed by atoms with E-state index in [0.29, 0.717) is 24.7 Å². The highest BCUT2D eigenvalue weighted by molar-refractivity contribution is 8.00. The van der Waals surface area contributed by atoms with Gasteiger partial charge in [0.15, 0.2) is 5.16 Å². The predicted molar refractivity (Wildman–Crippen MR) is 63.9 cm³/mol. The maximum absolute atomic E-state index is 11.5. The van der Waals surface area contributed by atoms with Crippen LogP contribution in [-0.2, 0) is 16.1 Å². The Morgan fingerprint density at radius 1 is 1.71 bits per heavy atom. The van der Waals surface area contributed by atoms with Crippen LogP contribution >= 0.6 is 11.8 Å². The number of rotatable bonds is 7. The van der Waals surface area contributed by atoms with E-state index in [-0.39, 0.29) is 5.69 Å². The van der Waals surface area contributed by atoms with Gasteiger partial charge in [0.1, 0.15) is 0 Å². The number of nitrogens with zero attached hydrogens (tertiary/aromatic N) is 2. The van der Waals surface area contributed by atoms with Crippen LogP contribution in [0.1, 0.15) is 13.3 Å². The molecule has 0 aliphatic heterocycles. The van der Waals surface area contributed by atoms with Gasteiger partial charge in [0.05, 0.1) is 5.25 Å². The zero-order valence-corrected chi connectivity index (χ0v) is 10.6. The normalized spacial score (nSPS) is 12.6. The molecule has 0 saturated heterocycles. The number of primary amides is 1. The molecule has 17 heavy (non-hydrogen) atoms. The first-order valence-corrected chi connectivity index (χ1v) is 6.04. The molecule has 1 rings (SSSR count). The minimum absolute atomic E-state index is 0.291. The summed E-state index contributed by atoms with van der Waals surface area (Å²) >= 11 is 1.16. The number of hydrogen-bond donors (Lipinski definition) is 2. The van der Waals surface area contributed by atoms with Gasteiger partial charge in [-0.2, -0.15) is 0 Å². The molecule has 0 saturated carbocycles. The van der Waals surface area contributed by atoms with E-state index >= 15 is 0 Å². The molecule has 1 aromatic heterocycles. The topological polar surface area (TPSA) is 103 Å². The number of ether oxygens (including phenoxy) is 1. The lowest BCUT2D eigenvalue weighted by atomic mass is 10.4. The van der Waals surface area contributed by atoms with Gasteiger partial charge in [-0.3, -0.25) is 9.36 Å². The fraction of sp³-hybridized carbons (Fsp3) is 0.667. The summed E-state index contributed by atoms with van der Waals surface area (Å²) in [6.07, 6.45) is 0.703. The summed E-state index contributed by atoms with van der Waals surface area (Å²) in [6.45, 7) is 2.73. The minimum Gasteiger partial charge on any atom is -0.385 e. The summed E-state index contributed by atoms with van der Waals surface area (Å²) in [7, 11) is 1.60. The van der Waals surface area contributed by atoms with Crippen LogP contribution in [0.3, 0.4) is 0 Å². The van der Waals surface area contributed by atoms with Crippen molar-refractivity contribution in [2.45, 2.75) is 30.3 Å². The molecular formula is C9H16N4O3S. The highest BCUT2D eigenvalue weighted by atomic mass is 32.2. The number of aromatic amines is 1. The van der Waals surface area contributed by atoms with Crippen molar-refractivity contribution in [2.75, 3.05) is 13.7 Å². The number of thioether (sulfide) groups is 1. The third kappa shape index (κ3) is 3.90. The lowest BCUT2D eigenvalue weighted by molar-refractivity contribution is -0.117. The van der Waals surface area contributed by atoms with Gasteiger partial charge in [0, 0.05) is 20.3 Å². The number of carbonyl (C=O) groups excluding carboxylic acids is 1. The number of amides is 1. The van der Waals surface area contributed by atoms with Gasteiger partial charge in [-0.15, -0.1) is 5.10 Å². The van der Waals surface area contributed by atoms with Crippen LogP contribution in [0.4, 0.5) is 0 Å². The summed E-state index contributed by atoms with van der Waals surface area (Å²) in [5, 5.41) is 6.25. The van der Waals surface area contributed by atoms with Crippen molar-refractivity contribution in [3.05, 3.63) is 10.5 Å². The molecule has 0 spiro atoms. The number of nitrogens with one attached hydrogen (secondary N) is 1. The summed E-state index contributed by atoms with van der Waals surface area (Å²) in [5.74, 6) is -0.436. The van der Waals surface area contributed by atoms with E-state index in [9.17, 15) is 9.59 Å². The third-order valence-corrected chi connectivity index (χ3v) is 3.24. The zero-order chi connectivity index (χ0) is 12.8. The molecule has 96 valence electrons. The second kappa shape index (κ2) is 6.45. The minimum atomic E-state index is -0.436. The van der Waals surface area contributed by atoms with Crippen molar-refractivity contribution >= 4 is 17.7 Å². The van der Waals surface area contributed by atoms with Gasteiger partial charge < -0.3 is 10.5 Å². The smallest absolute Gasteiger partial charge is 0.343 e. The lowest BCUT2D eigenvalue weighted by Gasteiger charge is -2.07. The Labute approximate surface area is 103 Å². The van der Waals surface area contributed by atoms with Crippen molar-refractivity contribution in [1.82, 2.24) is 14.8 Å². The molecule has 0 aromatic carbocycles. The molecular weight excluding hydrogens is 244 g/mol. The van der Waals surface area contributed by atoms with E-state index in [1.54, 1.807) is 14.0 Å². The number of carbonyl (C=O) groups is 1. The molecule has 0 radical (unpaired) electrons. The van der Waals surface area contributed by atoms with E-state index in [4.69, 9.17) is 10.5 Å². The molecule has 8 heteroatoms. The summed E-state index contributed by atoms with van der Waals surface area (Å²) in [4.78, 5) is 22.4. The van der Waals surface area contributed by atoms with E-state index in [1.165, 1.54) is 4.57 Å². The van der Waals surface area contributed by atoms with Crippen LogP contribution in [-0.4, -0.2) is 39.6 Å². The van der Waals surface area contributed by atoms with Crippen LogP contribution in [0.5, 0.6) is 0 Å². The third-order valence-electron chi connectivity index (χ3n) is 2.14. The SMILES string of the molecule is COCCCn1c(S[C@@H](C)C(N)=O)n[nH]c1=O. The Bertz CT molecular complexity index is 428. The quantitative estimate of drug-likeness (QED) is 0.511. The molecule has 7 nitrogen and oxygen atoms in total. The molecule has 0 aliphatic rings. The Hall–Kier alpha value is -1.28. The van der Waals surface area contributed by atoms with Gasteiger partial charge >= 0.3 is 5.69 Å². The molecule has 3 N–H and O–H groups in total. The maximum Gasteiger partial charge on any atom is 0.343 e. The van der Waals surface area contributed by atoms with Crippen molar-refractivity contribution in [3.8, 4) is 0 Å². The van der Waals surface area contributed by atoms with Crippen LogP contribution < -0.4 is 11.4 Å². The Morgan fingerprint density at radius 2 is 2.41 bits per heavy atom. The summed E-state index contributed by atoms with van der Waals surface area (Å²) in [6, 6.07) is 0. The number of aromatic nitrogens is 3. The Morgan fingerprint density at radius 3 is 3.00 bits per heavy atom. The maximum atomic E-state index is 11.5. The molecule has 1 heterocycles. The van der Waals surface area contributed by atoms with E-state index in [0.717, 1.165) is 11.8 Å². The first-order chi connectivity index (χ1) is 8.06. The highest BCUT2D eigenvalue weighted by Gasteiger charge is 2.16. The average molecular weight is 260 g/mol. The first-order valence-electron chi connectivity index (χ1n) is 5.16. The average Bonchev–Trinajstić information content (AvgIpc) is 2.61. The number of nitrogens with two attached hydrogens (primary N) is 1. The summed E-state index contributed by atoms with van der Waals surface area (Å²) in [5.41, 5.74) is 4.87. The molecule has 0 unspecified atom stereocenters. The first kappa shape index (κ1) is 13.8. The van der Waals surface area contributed by atoms with Gasteiger partial charge in [-0.25, -0.2) is 9.89 Å². The van der Waals surface area contributed by atoms with Gasteiger partial charge in [-0.1, -0.05) is 11.8 Å². The number of hydrogen-bond acceptors (Lipinski definition) is 5. The Balaban J connectivity index is 2.72. The molecule has 1 aromatic rings. The van der Waals surface area contributed by atoms with Crippen LogP contribution in [0.2, 0.25) is 0 Å². The van der Waals surface area contributed by atoms with Gasteiger partial charge in [-0.05, 0) is 13.3 Å². The summed E-state index contributed by atoms with van der Waals surface area (Å²) < 4.78 is 6.39. The van der Waals surface area contributed by atoms with Crippen molar-refractivity contribution in [1.29, 1.82) is 0 Å².